The summed E-state index contributed by atoms with van der Waals surface area (Å²) in [5.74, 6) is -0.459. The van der Waals surface area contributed by atoms with Gasteiger partial charge in [-0.25, -0.2) is 4.98 Å². The van der Waals surface area contributed by atoms with Crippen LogP contribution in [0.5, 0.6) is 0 Å². The summed E-state index contributed by atoms with van der Waals surface area (Å²) in [5, 5.41) is 0.800. The first kappa shape index (κ1) is 23.9. The molecule has 0 radical (unpaired) electrons. The van der Waals surface area contributed by atoms with Crippen molar-refractivity contribution in [2.24, 2.45) is 0 Å². The van der Waals surface area contributed by atoms with Gasteiger partial charge < -0.3 is 9.80 Å². The third kappa shape index (κ3) is 4.84. The highest BCUT2D eigenvalue weighted by Crippen LogP contribution is 2.32. The number of rotatable bonds is 3. The maximum Gasteiger partial charge on any atom is 0.416 e. The standard InChI is InChI=1S/C25H24F3N3O2S/c1-15-4-9-20(16(2)14-15)22-29-17(3)21(34-22)24(33)31-12-10-30(11-13-31)23(32)18-5-7-19(8-6-18)25(26,27)28/h4-9,14H,10-13H2,1-3H3. The molecule has 0 aliphatic carbocycles. The molecule has 2 amide bonds. The Morgan fingerprint density at radius 3 is 2.03 bits per heavy atom. The second-order valence-corrected chi connectivity index (χ2v) is 9.41. The molecule has 0 atom stereocenters. The molecule has 0 saturated carbocycles. The van der Waals surface area contributed by atoms with Gasteiger partial charge in [-0.1, -0.05) is 23.8 Å². The van der Waals surface area contributed by atoms with E-state index in [1.54, 1.807) is 9.80 Å². The van der Waals surface area contributed by atoms with Crippen molar-refractivity contribution in [1.29, 1.82) is 0 Å². The van der Waals surface area contributed by atoms with Gasteiger partial charge in [-0.3, -0.25) is 9.59 Å². The fourth-order valence-electron chi connectivity index (χ4n) is 4.00. The molecule has 0 spiro atoms. The summed E-state index contributed by atoms with van der Waals surface area (Å²) in [6, 6.07) is 10.3. The van der Waals surface area contributed by atoms with Crippen molar-refractivity contribution in [3.63, 3.8) is 0 Å². The summed E-state index contributed by atoms with van der Waals surface area (Å²) in [5.41, 5.74) is 3.35. The van der Waals surface area contributed by atoms with Gasteiger partial charge in [0.25, 0.3) is 11.8 Å². The lowest BCUT2D eigenvalue weighted by molar-refractivity contribution is -0.137. The van der Waals surface area contributed by atoms with E-state index in [4.69, 9.17) is 0 Å². The van der Waals surface area contributed by atoms with Gasteiger partial charge in [0.15, 0.2) is 0 Å². The highest BCUT2D eigenvalue weighted by atomic mass is 32.1. The van der Waals surface area contributed by atoms with Crippen molar-refractivity contribution < 1.29 is 22.8 Å². The Morgan fingerprint density at radius 2 is 1.47 bits per heavy atom. The van der Waals surface area contributed by atoms with Gasteiger partial charge in [-0.15, -0.1) is 11.3 Å². The molecule has 0 N–H and O–H groups in total. The highest BCUT2D eigenvalue weighted by Gasteiger charge is 2.31. The van der Waals surface area contributed by atoms with E-state index in [0.29, 0.717) is 36.8 Å². The minimum absolute atomic E-state index is 0.118. The zero-order valence-electron chi connectivity index (χ0n) is 19.1. The first-order valence-corrected chi connectivity index (χ1v) is 11.7. The minimum atomic E-state index is -4.44. The average molecular weight is 488 g/mol. The normalized spacial score (nSPS) is 14.4. The summed E-state index contributed by atoms with van der Waals surface area (Å²) in [6.07, 6.45) is -4.44. The second kappa shape index (κ2) is 9.21. The van der Waals surface area contributed by atoms with Crippen LogP contribution in [0.2, 0.25) is 0 Å². The molecule has 1 aliphatic heterocycles. The second-order valence-electron chi connectivity index (χ2n) is 8.41. The van der Waals surface area contributed by atoms with Crippen LogP contribution in [0.3, 0.4) is 0 Å². The van der Waals surface area contributed by atoms with Gasteiger partial charge >= 0.3 is 6.18 Å². The fourth-order valence-corrected chi connectivity index (χ4v) is 5.13. The molecular weight excluding hydrogens is 463 g/mol. The van der Waals surface area contributed by atoms with E-state index in [1.807, 2.05) is 32.9 Å². The van der Waals surface area contributed by atoms with Crippen LogP contribution in [-0.2, 0) is 6.18 Å². The van der Waals surface area contributed by atoms with Crippen LogP contribution in [0.4, 0.5) is 13.2 Å². The first-order chi connectivity index (χ1) is 16.0. The summed E-state index contributed by atoms with van der Waals surface area (Å²) < 4.78 is 38.3. The van der Waals surface area contributed by atoms with Crippen LogP contribution < -0.4 is 0 Å². The average Bonchev–Trinajstić information content (AvgIpc) is 3.19. The third-order valence-corrected chi connectivity index (χ3v) is 7.10. The summed E-state index contributed by atoms with van der Waals surface area (Å²) in [4.78, 5) is 34.3. The van der Waals surface area contributed by atoms with E-state index in [-0.39, 0.29) is 17.4 Å². The van der Waals surface area contributed by atoms with Crippen molar-refractivity contribution in [3.05, 3.63) is 75.3 Å². The summed E-state index contributed by atoms with van der Waals surface area (Å²) in [7, 11) is 0. The fraction of sp³-hybridized carbons (Fsp3) is 0.320. The van der Waals surface area contributed by atoms with Crippen molar-refractivity contribution >= 4 is 23.2 Å². The van der Waals surface area contributed by atoms with Gasteiger partial charge in [0, 0.05) is 37.3 Å². The van der Waals surface area contributed by atoms with E-state index in [1.165, 1.54) is 23.5 Å². The predicted molar refractivity (Wildman–Crippen MR) is 125 cm³/mol. The topological polar surface area (TPSA) is 53.5 Å². The van der Waals surface area contributed by atoms with E-state index < -0.39 is 11.7 Å². The SMILES string of the molecule is Cc1ccc(-c2nc(C)c(C(=O)N3CCN(C(=O)c4ccc(C(F)(F)F)cc4)CC3)s2)c(C)c1. The monoisotopic (exact) mass is 487 g/mol. The van der Waals surface area contributed by atoms with Crippen molar-refractivity contribution in [1.82, 2.24) is 14.8 Å². The maximum absolute atomic E-state index is 13.2. The van der Waals surface area contributed by atoms with E-state index >= 15 is 0 Å². The number of thiazole rings is 1. The van der Waals surface area contributed by atoms with Crippen LogP contribution in [0.25, 0.3) is 10.6 Å². The molecule has 5 nitrogen and oxygen atoms in total. The Kier molecular flexibility index (Phi) is 6.49. The number of hydrogen-bond acceptors (Lipinski definition) is 4. The Labute approximate surface area is 199 Å². The van der Waals surface area contributed by atoms with Crippen LogP contribution in [0.15, 0.2) is 42.5 Å². The van der Waals surface area contributed by atoms with Gasteiger partial charge in [0.2, 0.25) is 0 Å². The molecule has 1 aliphatic rings. The number of aryl methyl sites for hydroxylation is 3. The largest absolute Gasteiger partial charge is 0.416 e. The molecule has 3 aromatic rings. The molecule has 34 heavy (non-hydrogen) atoms. The molecule has 4 rings (SSSR count). The lowest BCUT2D eigenvalue weighted by atomic mass is 10.1. The number of carbonyl (C=O) groups is 2. The lowest BCUT2D eigenvalue weighted by Gasteiger charge is -2.34. The van der Waals surface area contributed by atoms with Crippen molar-refractivity contribution in [3.8, 4) is 10.6 Å². The van der Waals surface area contributed by atoms with Crippen LogP contribution in [0.1, 0.15) is 42.4 Å². The van der Waals surface area contributed by atoms with Gasteiger partial charge in [-0.2, -0.15) is 13.2 Å². The summed E-state index contributed by atoms with van der Waals surface area (Å²) >= 11 is 1.37. The van der Waals surface area contributed by atoms with Crippen molar-refractivity contribution in [2.75, 3.05) is 26.2 Å². The van der Waals surface area contributed by atoms with Gasteiger partial charge in [-0.05, 0) is 50.6 Å². The number of carbonyl (C=O) groups excluding carboxylic acids is 2. The van der Waals surface area contributed by atoms with Crippen LogP contribution in [0, 0.1) is 20.8 Å². The number of piperazine rings is 1. The Bertz CT molecular complexity index is 1230. The van der Waals surface area contributed by atoms with E-state index in [0.717, 1.165) is 33.8 Å². The zero-order valence-corrected chi connectivity index (χ0v) is 19.9. The van der Waals surface area contributed by atoms with Crippen molar-refractivity contribution in [2.45, 2.75) is 26.9 Å². The Balaban J connectivity index is 1.42. The Morgan fingerprint density at radius 1 is 0.882 bits per heavy atom. The highest BCUT2D eigenvalue weighted by molar-refractivity contribution is 7.17. The molecule has 1 fully saturated rings. The molecular formula is C25H24F3N3O2S. The van der Waals surface area contributed by atoms with Gasteiger partial charge in [0.1, 0.15) is 9.88 Å². The lowest BCUT2D eigenvalue weighted by Crippen LogP contribution is -2.50. The predicted octanol–water partition coefficient (Wildman–Crippen LogP) is 5.35. The zero-order chi connectivity index (χ0) is 24.6. The minimum Gasteiger partial charge on any atom is -0.335 e. The smallest absolute Gasteiger partial charge is 0.335 e. The van der Waals surface area contributed by atoms with E-state index in [9.17, 15) is 22.8 Å². The number of aromatic nitrogens is 1. The molecule has 9 heteroatoms. The van der Waals surface area contributed by atoms with E-state index in [2.05, 4.69) is 11.1 Å². The Hall–Kier alpha value is -3.20. The number of hydrogen-bond donors (Lipinski definition) is 0. The van der Waals surface area contributed by atoms with Crippen LogP contribution >= 0.6 is 11.3 Å². The number of alkyl halides is 3. The quantitative estimate of drug-likeness (QED) is 0.500. The molecule has 2 heterocycles. The van der Waals surface area contributed by atoms with Crippen LogP contribution in [-0.4, -0.2) is 52.8 Å². The molecule has 1 saturated heterocycles. The number of nitrogens with zero attached hydrogens (tertiary/aromatic N) is 3. The number of halogens is 3. The molecule has 178 valence electrons. The molecule has 0 unspecified atom stereocenters. The molecule has 1 aromatic heterocycles. The first-order valence-electron chi connectivity index (χ1n) is 10.9. The van der Waals surface area contributed by atoms with Gasteiger partial charge in [0.05, 0.1) is 11.3 Å². The molecule has 2 aromatic carbocycles. The maximum atomic E-state index is 13.2. The summed E-state index contributed by atoms with van der Waals surface area (Å²) in [6.45, 7) is 7.19. The number of benzene rings is 2. The molecule has 0 bridgehead atoms. The number of amides is 2. The third-order valence-electron chi connectivity index (χ3n) is 5.92.